The fourth-order valence-corrected chi connectivity index (χ4v) is 16.7. The van der Waals surface area contributed by atoms with Crippen molar-refractivity contribution in [1.82, 2.24) is 19.9 Å². The number of nitrogens with zero attached hydrogens (tertiary/aromatic N) is 4. The van der Waals surface area contributed by atoms with Gasteiger partial charge in [0.2, 0.25) is 0 Å². The maximum Gasteiger partial charge on any atom is 0.0794 e. The summed E-state index contributed by atoms with van der Waals surface area (Å²) in [5.74, 6) is 0. The van der Waals surface area contributed by atoms with E-state index in [2.05, 4.69) is 400 Å². The molecule has 0 saturated heterocycles. The van der Waals surface area contributed by atoms with E-state index in [0.717, 1.165) is 110 Å². The van der Waals surface area contributed by atoms with Gasteiger partial charge >= 0.3 is 0 Å². The molecule has 0 bridgehead atoms. The van der Waals surface area contributed by atoms with Gasteiger partial charge in [0.05, 0.1) is 44.7 Å². The lowest BCUT2D eigenvalue weighted by Crippen LogP contribution is -1.94. The van der Waals surface area contributed by atoms with Crippen LogP contribution in [0.15, 0.2) is 400 Å². The number of benzene rings is 18. The minimum atomic E-state index is 0.937. The van der Waals surface area contributed by atoms with E-state index in [-0.39, 0.29) is 0 Å². The molecule has 22 rings (SSSR count). The molecule has 0 amide bonds. The Kier molecular flexibility index (Phi) is 15.5. The van der Waals surface area contributed by atoms with Gasteiger partial charge in [0.25, 0.3) is 0 Å². The molecule has 4 heteroatoms. The van der Waals surface area contributed by atoms with Crippen LogP contribution in [0.25, 0.3) is 220 Å². The average Bonchev–Trinajstić information content (AvgIpc) is 0.740. The van der Waals surface area contributed by atoms with Crippen molar-refractivity contribution in [3.05, 3.63) is 400 Å². The first kappa shape index (κ1) is 63.9. The van der Waals surface area contributed by atoms with Gasteiger partial charge < -0.3 is 0 Å². The Labute approximate surface area is 635 Å². The average molecular weight is 1400 g/mol. The summed E-state index contributed by atoms with van der Waals surface area (Å²) in [4.78, 5) is 21.1. The second-order valence-corrected chi connectivity index (χ2v) is 28.7. The van der Waals surface area contributed by atoms with Crippen molar-refractivity contribution < 1.29 is 0 Å². The van der Waals surface area contributed by atoms with E-state index >= 15 is 0 Å². The standard InChI is InChI=1S/C54H34N2.C52H32N2/c1-2-14-37(15-3-1)48-33-52(55-51-21-11-10-19-45(48)51)38-24-26-39(27-25-38)53-34-49(43-29-23-36-13-5-7-17-41(36)31-43)50-32-47(44-18-8-9-20-46(44)54(50)56-53)42-28-22-35-12-4-6-16-40(35)30-42;1-3-13-37-29-39(27-21-33(37)11-1)45-31-47-46(40-28-22-34-12-2-4-14-38(34)30-40)32-50(54-52(47)42-16-6-5-15-41(42)45)35-23-25-36(26-24-35)51-43-17-7-9-19-48(43)53-49-20-10-8-18-44(49)51/h1-34H;1-32H. The van der Waals surface area contributed by atoms with Gasteiger partial charge in [-0.05, 0) is 188 Å². The third-order valence-electron chi connectivity index (χ3n) is 22.2. The van der Waals surface area contributed by atoms with E-state index in [9.17, 15) is 0 Å². The first-order valence-electron chi connectivity index (χ1n) is 37.6. The van der Waals surface area contributed by atoms with Crippen molar-refractivity contribution >= 4 is 119 Å². The molecule has 0 unspecified atom stereocenters. The summed E-state index contributed by atoms with van der Waals surface area (Å²) in [6.45, 7) is 0. The number of hydrogen-bond acceptors (Lipinski definition) is 4. The highest BCUT2D eigenvalue weighted by molar-refractivity contribution is 6.19. The van der Waals surface area contributed by atoms with Crippen LogP contribution in [0, 0.1) is 0 Å². The van der Waals surface area contributed by atoms with E-state index < -0.39 is 0 Å². The Balaban J connectivity index is 0.000000140. The Morgan fingerprint density at radius 1 is 0.136 bits per heavy atom. The van der Waals surface area contributed by atoms with Gasteiger partial charge in [0, 0.05) is 60.0 Å². The summed E-state index contributed by atoms with van der Waals surface area (Å²) in [5.41, 5.74) is 25.3. The first-order chi connectivity index (χ1) is 54.5. The summed E-state index contributed by atoms with van der Waals surface area (Å²) in [7, 11) is 0. The number of pyridine rings is 4. The third-order valence-corrected chi connectivity index (χ3v) is 22.2. The number of hydrogen-bond donors (Lipinski definition) is 0. The molecule has 0 fully saturated rings. The zero-order valence-corrected chi connectivity index (χ0v) is 59.9. The van der Waals surface area contributed by atoms with Crippen molar-refractivity contribution in [2.24, 2.45) is 0 Å². The summed E-state index contributed by atoms with van der Waals surface area (Å²) < 4.78 is 0. The summed E-state index contributed by atoms with van der Waals surface area (Å²) in [6.07, 6.45) is 0. The lowest BCUT2D eigenvalue weighted by atomic mass is 9.89. The molecule has 0 radical (unpaired) electrons. The quantitative estimate of drug-likeness (QED) is 0.107. The Morgan fingerprint density at radius 2 is 0.409 bits per heavy atom. The zero-order valence-electron chi connectivity index (χ0n) is 59.9. The van der Waals surface area contributed by atoms with Crippen LogP contribution in [0.2, 0.25) is 0 Å². The molecule has 4 heterocycles. The molecule has 0 aliphatic heterocycles. The fraction of sp³-hybridized carbons (Fsp3) is 0. The predicted octanol–water partition coefficient (Wildman–Crippen LogP) is 28.6. The zero-order chi connectivity index (χ0) is 72.6. The lowest BCUT2D eigenvalue weighted by molar-refractivity contribution is 1.38. The fourth-order valence-electron chi connectivity index (χ4n) is 16.7. The van der Waals surface area contributed by atoms with Crippen molar-refractivity contribution in [3.8, 4) is 101 Å². The van der Waals surface area contributed by atoms with Gasteiger partial charge in [-0.3, -0.25) is 0 Å². The summed E-state index contributed by atoms with van der Waals surface area (Å²) in [5, 5.41) is 20.2. The smallest absolute Gasteiger partial charge is 0.0794 e. The number of aromatic nitrogens is 4. The number of fused-ring (bicyclic) bond motifs is 13. The second kappa shape index (κ2) is 26.8. The van der Waals surface area contributed by atoms with E-state index in [1.165, 1.54) is 109 Å². The number of para-hydroxylation sites is 3. The van der Waals surface area contributed by atoms with Crippen LogP contribution in [-0.2, 0) is 0 Å². The lowest BCUT2D eigenvalue weighted by Gasteiger charge is -2.17. The minimum Gasteiger partial charge on any atom is -0.248 e. The van der Waals surface area contributed by atoms with Crippen molar-refractivity contribution in [3.63, 3.8) is 0 Å². The van der Waals surface area contributed by atoms with Gasteiger partial charge in [-0.1, -0.05) is 328 Å². The van der Waals surface area contributed by atoms with Gasteiger partial charge in [-0.2, -0.15) is 0 Å². The van der Waals surface area contributed by atoms with Crippen molar-refractivity contribution in [2.75, 3.05) is 0 Å². The highest BCUT2D eigenvalue weighted by Crippen LogP contribution is 2.46. The Bertz CT molecular complexity index is 7400. The van der Waals surface area contributed by atoms with E-state index in [1.807, 2.05) is 0 Å². The molecule has 22 aromatic rings. The van der Waals surface area contributed by atoms with Crippen molar-refractivity contribution in [2.45, 2.75) is 0 Å². The van der Waals surface area contributed by atoms with Gasteiger partial charge in [0.1, 0.15) is 0 Å². The molecule has 0 atom stereocenters. The predicted molar refractivity (Wildman–Crippen MR) is 466 cm³/mol. The number of rotatable bonds is 9. The van der Waals surface area contributed by atoms with E-state index in [1.54, 1.807) is 0 Å². The topological polar surface area (TPSA) is 51.6 Å². The van der Waals surface area contributed by atoms with Crippen LogP contribution in [0.1, 0.15) is 0 Å². The van der Waals surface area contributed by atoms with Crippen LogP contribution in [0.5, 0.6) is 0 Å². The Morgan fingerprint density at radius 3 is 0.800 bits per heavy atom. The third kappa shape index (κ3) is 11.4. The van der Waals surface area contributed by atoms with Crippen molar-refractivity contribution in [1.29, 1.82) is 0 Å². The molecule has 18 aromatic carbocycles. The highest BCUT2D eigenvalue weighted by Gasteiger charge is 2.21. The highest BCUT2D eigenvalue weighted by atomic mass is 14.7. The SMILES string of the molecule is c1ccc(-c2cc(-c3ccc(-c4cc(-c5ccc6ccccc6c5)c5cc(-c6ccc7ccccc7c6)c6ccccc6c5n4)cc3)nc3ccccc23)cc1.c1ccc2cc(-c3cc4c(-c5ccc6ccccc6c5)cc(-c5ccc(-c6c7ccccc7nc7ccccc67)cc5)nc4c4ccccc34)ccc2c1. The molecule has 110 heavy (non-hydrogen) atoms. The molecule has 0 aliphatic carbocycles. The molecule has 0 saturated carbocycles. The normalized spacial score (nSPS) is 11.6. The van der Waals surface area contributed by atoms with Crippen LogP contribution in [-0.4, -0.2) is 19.9 Å². The van der Waals surface area contributed by atoms with Crippen LogP contribution >= 0.6 is 0 Å². The van der Waals surface area contributed by atoms with Crippen LogP contribution < -0.4 is 0 Å². The molecular formula is C106H66N4. The maximum atomic E-state index is 5.50. The second-order valence-electron chi connectivity index (χ2n) is 28.7. The largest absolute Gasteiger partial charge is 0.248 e. The molecule has 4 nitrogen and oxygen atoms in total. The first-order valence-corrected chi connectivity index (χ1v) is 37.6. The monoisotopic (exact) mass is 1390 g/mol. The van der Waals surface area contributed by atoms with Gasteiger partial charge in [0.15, 0.2) is 0 Å². The molecule has 0 N–H and O–H groups in total. The molecule has 0 spiro atoms. The minimum absolute atomic E-state index is 0.937. The van der Waals surface area contributed by atoms with E-state index in [4.69, 9.17) is 19.9 Å². The van der Waals surface area contributed by atoms with Gasteiger partial charge in [-0.25, -0.2) is 19.9 Å². The summed E-state index contributed by atoms with van der Waals surface area (Å²) in [6, 6.07) is 144. The molecule has 510 valence electrons. The molecule has 4 aromatic heterocycles. The van der Waals surface area contributed by atoms with Gasteiger partial charge in [-0.15, -0.1) is 0 Å². The van der Waals surface area contributed by atoms with Crippen LogP contribution in [0.4, 0.5) is 0 Å². The maximum absolute atomic E-state index is 5.50. The van der Waals surface area contributed by atoms with E-state index in [0.29, 0.717) is 0 Å². The van der Waals surface area contributed by atoms with Crippen LogP contribution in [0.3, 0.4) is 0 Å². The summed E-state index contributed by atoms with van der Waals surface area (Å²) >= 11 is 0. The molecular weight excluding hydrogens is 1330 g/mol. The molecule has 0 aliphatic rings. The Hall–Kier alpha value is -14.6.